The summed E-state index contributed by atoms with van der Waals surface area (Å²) < 4.78 is 20.7. The topological polar surface area (TPSA) is 71.1 Å². The van der Waals surface area contributed by atoms with Crippen molar-refractivity contribution in [2.24, 2.45) is 0 Å². The fourth-order valence-electron chi connectivity index (χ4n) is 1.93. The lowest BCUT2D eigenvalue weighted by atomic mass is 10.2. The highest BCUT2D eigenvalue weighted by Crippen LogP contribution is 2.37. The molecule has 0 saturated carbocycles. The summed E-state index contributed by atoms with van der Waals surface area (Å²) in [6.07, 6.45) is 0. The van der Waals surface area contributed by atoms with E-state index in [1.54, 1.807) is 24.3 Å². The Bertz CT molecular complexity index is 754. The smallest absolute Gasteiger partial charge is 0.343 e. The third-order valence-electron chi connectivity index (χ3n) is 3.17. The first-order chi connectivity index (χ1) is 11.5. The second-order valence-corrected chi connectivity index (χ2v) is 5.45. The van der Waals surface area contributed by atoms with Gasteiger partial charge in [-0.25, -0.2) is 9.59 Å². The fraction of sp³-hybridized carbons (Fsp3) is 0.176. The molecule has 7 heteroatoms. The molecule has 0 aliphatic carbocycles. The summed E-state index contributed by atoms with van der Waals surface area (Å²) in [5, 5.41) is 0. The van der Waals surface area contributed by atoms with Crippen molar-refractivity contribution in [3.05, 3.63) is 52.0 Å². The summed E-state index contributed by atoms with van der Waals surface area (Å²) in [6.45, 7) is 0. The number of hydrogen-bond donors (Lipinski definition) is 0. The lowest BCUT2D eigenvalue weighted by Crippen LogP contribution is -2.10. The van der Waals surface area contributed by atoms with Crippen molar-refractivity contribution in [2.45, 2.75) is 0 Å². The largest absolute Gasteiger partial charge is 0.497 e. The summed E-state index contributed by atoms with van der Waals surface area (Å²) in [5.41, 5.74) is 0.618. The van der Waals surface area contributed by atoms with Gasteiger partial charge in [0.25, 0.3) is 0 Å². The van der Waals surface area contributed by atoms with Gasteiger partial charge in [0.2, 0.25) is 0 Å². The highest BCUT2D eigenvalue weighted by Gasteiger charge is 2.19. The summed E-state index contributed by atoms with van der Waals surface area (Å²) in [6, 6.07) is 9.42. The maximum atomic E-state index is 12.3. The van der Waals surface area contributed by atoms with Gasteiger partial charge in [-0.2, -0.15) is 0 Å². The molecule has 0 heterocycles. The van der Waals surface area contributed by atoms with E-state index >= 15 is 0 Å². The number of benzene rings is 2. The third kappa shape index (κ3) is 3.86. The Kier molecular flexibility index (Phi) is 5.81. The van der Waals surface area contributed by atoms with Gasteiger partial charge in [-0.1, -0.05) is 0 Å². The van der Waals surface area contributed by atoms with Crippen molar-refractivity contribution >= 4 is 27.9 Å². The third-order valence-corrected chi connectivity index (χ3v) is 3.76. The van der Waals surface area contributed by atoms with Crippen LogP contribution in [0, 0.1) is 0 Å². The van der Waals surface area contributed by atoms with Crippen molar-refractivity contribution < 1.29 is 28.5 Å². The van der Waals surface area contributed by atoms with Crippen molar-refractivity contribution in [1.82, 2.24) is 0 Å². The standard InChI is InChI=1S/C17H15BrO6/c1-21-12-6-4-10(5-7-12)17(20)24-15-13(18)8-11(16(19)23-3)9-14(15)22-2/h4-9H,1-3H3. The van der Waals surface area contributed by atoms with Crippen molar-refractivity contribution in [3.8, 4) is 17.2 Å². The average molecular weight is 395 g/mol. The average Bonchev–Trinajstić information content (AvgIpc) is 2.62. The lowest BCUT2D eigenvalue weighted by Gasteiger charge is -2.13. The molecule has 2 aromatic carbocycles. The molecule has 126 valence electrons. The second-order valence-electron chi connectivity index (χ2n) is 4.60. The van der Waals surface area contributed by atoms with Gasteiger partial charge in [-0.05, 0) is 52.3 Å². The number of methoxy groups -OCH3 is 3. The van der Waals surface area contributed by atoms with Gasteiger partial charge < -0.3 is 18.9 Å². The van der Waals surface area contributed by atoms with E-state index in [0.717, 1.165) is 0 Å². The van der Waals surface area contributed by atoms with Crippen LogP contribution in [0.4, 0.5) is 0 Å². The number of halogens is 1. The Morgan fingerprint density at radius 3 is 2.08 bits per heavy atom. The minimum atomic E-state index is -0.567. The Hall–Kier alpha value is -2.54. The lowest BCUT2D eigenvalue weighted by molar-refractivity contribution is 0.0600. The molecule has 0 spiro atoms. The van der Waals surface area contributed by atoms with Gasteiger partial charge in [0.1, 0.15) is 5.75 Å². The summed E-state index contributed by atoms with van der Waals surface area (Å²) in [7, 11) is 4.23. The van der Waals surface area contributed by atoms with Crippen LogP contribution in [-0.2, 0) is 4.74 Å². The SMILES string of the molecule is COC(=O)c1cc(Br)c(OC(=O)c2ccc(OC)cc2)c(OC)c1. The second kappa shape index (κ2) is 7.83. The van der Waals surface area contributed by atoms with Gasteiger partial charge >= 0.3 is 11.9 Å². The van der Waals surface area contributed by atoms with Crippen LogP contribution in [0.3, 0.4) is 0 Å². The highest BCUT2D eigenvalue weighted by molar-refractivity contribution is 9.10. The zero-order valence-corrected chi connectivity index (χ0v) is 14.9. The van der Waals surface area contributed by atoms with Crippen molar-refractivity contribution in [3.63, 3.8) is 0 Å². The van der Waals surface area contributed by atoms with E-state index in [0.29, 0.717) is 15.8 Å². The van der Waals surface area contributed by atoms with E-state index in [1.807, 2.05) is 0 Å². The zero-order chi connectivity index (χ0) is 17.7. The van der Waals surface area contributed by atoms with E-state index < -0.39 is 11.9 Å². The van der Waals surface area contributed by atoms with Gasteiger partial charge in [0, 0.05) is 0 Å². The van der Waals surface area contributed by atoms with Crippen LogP contribution < -0.4 is 14.2 Å². The Morgan fingerprint density at radius 1 is 0.875 bits per heavy atom. The number of ether oxygens (including phenoxy) is 4. The van der Waals surface area contributed by atoms with Crippen LogP contribution in [0.1, 0.15) is 20.7 Å². The predicted molar refractivity (Wildman–Crippen MR) is 90.0 cm³/mol. The molecule has 2 aromatic rings. The van der Waals surface area contributed by atoms with E-state index in [4.69, 9.17) is 14.2 Å². The normalized spacial score (nSPS) is 10.0. The first-order valence-corrected chi connectivity index (χ1v) is 7.61. The zero-order valence-electron chi connectivity index (χ0n) is 13.3. The summed E-state index contributed by atoms with van der Waals surface area (Å²) in [5.74, 6) is -0.0603. The monoisotopic (exact) mass is 394 g/mol. The van der Waals surface area contributed by atoms with Crippen LogP contribution in [0.5, 0.6) is 17.2 Å². The first kappa shape index (κ1) is 17.8. The summed E-state index contributed by atoms with van der Waals surface area (Å²) in [4.78, 5) is 23.9. The number of hydrogen-bond acceptors (Lipinski definition) is 6. The van der Waals surface area contributed by atoms with Crippen LogP contribution in [-0.4, -0.2) is 33.3 Å². The van der Waals surface area contributed by atoms with Crippen LogP contribution in [0.25, 0.3) is 0 Å². The molecule has 24 heavy (non-hydrogen) atoms. The molecule has 0 atom stereocenters. The molecule has 0 aliphatic rings. The van der Waals surface area contributed by atoms with E-state index in [2.05, 4.69) is 20.7 Å². The number of carbonyl (C=O) groups is 2. The molecular weight excluding hydrogens is 380 g/mol. The number of rotatable bonds is 5. The molecule has 6 nitrogen and oxygen atoms in total. The van der Waals surface area contributed by atoms with Crippen LogP contribution >= 0.6 is 15.9 Å². The molecule has 0 aliphatic heterocycles. The van der Waals surface area contributed by atoms with E-state index in [9.17, 15) is 9.59 Å². The highest BCUT2D eigenvalue weighted by atomic mass is 79.9. The fourth-order valence-corrected chi connectivity index (χ4v) is 2.46. The van der Waals surface area contributed by atoms with Crippen molar-refractivity contribution in [1.29, 1.82) is 0 Å². The molecular formula is C17H15BrO6. The number of esters is 2. The summed E-state index contributed by atoms with van der Waals surface area (Å²) >= 11 is 3.28. The predicted octanol–water partition coefficient (Wildman–Crippen LogP) is 3.47. The molecule has 0 saturated heterocycles. The quantitative estimate of drug-likeness (QED) is 0.571. The molecule has 2 rings (SSSR count). The Balaban J connectivity index is 2.30. The molecule has 0 unspecified atom stereocenters. The van der Waals surface area contributed by atoms with Crippen molar-refractivity contribution in [2.75, 3.05) is 21.3 Å². The maximum Gasteiger partial charge on any atom is 0.343 e. The van der Waals surface area contributed by atoms with E-state index in [-0.39, 0.29) is 17.1 Å². The van der Waals surface area contributed by atoms with Crippen LogP contribution in [0.2, 0.25) is 0 Å². The first-order valence-electron chi connectivity index (χ1n) is 6.82. The minimum Gasteiger partial charge on any atom is -0.497 e. The van der Waals surface area contributed by atoms with Gasteiger partial charge in [-0.15, -0.1) is 0 Å². The van der Waals surface area contributed by atoms with Gasteiger partial charge in [-0.3, -0.25) is 0 Å². The Labute approximate surface area is 147 Å². The van der Waals surface area contributed by atoms with Gasteiger partial charge in [0.05, 0.1) is 36.9 Å². The maximum absolute atomic E-state index is 12.3. The molecule has 0 bridgehead atoms. The van der Waals surface area contributed by atoms with Crippen LogP contribution in [0.15, 0.2) is 40.9 Å². The minimum absolute atomic E-state index is 0.172. The molecule has 0 amide bonds. The van der Waals surface area contributed by atoms with E-state index in [1.165, 1.54) is 33.5 Å². The Morgan fingerprint density at radius 2 is 1.54 bits per heavy atom. The molecule has 0 N–H and O–H groups in total. The number of carbonyl (C=O) groups excluding carboxylic acids is 2. The molecule has 0 radical (unpaired) electrons. The van der Waals surface area contributed by atoms with Gasteiger partial charge in [0.15, 0.2) is 11.5 Å². The molecule has 0 aromatic heterocycles. The molecule has 0 fully saturated rings.